The Bertz CT molecular complexity index is 1440. The van der Waals surface area contributed by atoms with Gasteiger partial charge in [0.15, 0.2) is 11.5 Å². The van der Waals surface area contributed by atoms with Crippen LogP contribution in [-0.2, 0) is 9.47 Å². The van der Waals surface area contributed by atoms with E-state index in [1.165, 1.54) is 12.4 Å². The number of ether oxygens (including phenoxy) is 4. The quantitative estimate of drug-likeness (QED) is 0.518. The van der Waals surface area contributed by atoms with Crippen LogP contribution < -0.4 is 14.8 Å². The number of hydrogen-bond acceptors (Lipinski definition) is 7. The standard InChI is InChI=1S/C22H23N3O4/c1-4-16-6-5-7-17(12-16)25-22-18-13-20(28-10-8-26-2)21(29-11-9-27-3)14-19(18)23-15-24-22/h1,5-7,12-15H,8-11H2,2-3H3,(H,23,24,25)/i2D3,3D3,8D2,9D2,10D2. The van der Waals surface area contributed by atoms with Crippen molar-refractivity contribution in [3.05, 3.63) is 48.3 Å². The first kappa shape index (κ1) is 9.92. The van der Waals surface area contributed by atoms with Gasteiger partial charge in [0.05, 0.1) is 35.1 Å². The molecular formula is C22H23N3O4. The van der Waals surface area contributed by atoms with Crippen LogP contribution in [0.5, 0.6) is 11.5 Å². The molecule has 0 spiro atoms. The summed E-state index contributed by atoms with van der Waals surface area (Å²) in [6.45, 7) is -10.8. The van der Waals surface area contributed by atoms with E-state index < -0.39 is 51.9 Å². The normalized spacial score (nSPS) is 19.0. The van der Waals surface area contributed by atoms with Crippen molar-refractivity contribution in [1.29, 1.82) is 0 Å². The maximum absolute atomic E-state index is 8.10. The lowest BCUT2D eigenvalue weighted by Gasteiger charge is -2.15. The van der Waals surface area contributed by atoms with Gasteiger partial charge in [-0.1, -0.05) is 12.0 Å². The molecule has 1 aromatic heterocycles. The number of aromatic nitrogens is 2. The summed E-state index contributed by atoms with van der Waals surface area (Å²) < 4.78 is 110. The second kappa shape index (κ2) is 10.3. The molecule has 0 saturated carbocycles. The Morgan fingerprint density at radius 2 is 1.93 bits per heavy atom. The van der Waals surface area contributed by atoms with Gasteiger partial charge < -0.3 is 24.3 Å². The van der Waals surface area contributed by atoms with E-state index in [1.54, 1.807) is 24.3 Å². The molecule has 0 bridgehead atoms. The molecule has 1 N–H and O–H groups in total. The van der Waals surface area contributed by atoms with Gasteiger partial charge >= 0.3 is 0 Å². The Labute approximate surface area is 186 Å². The summed E-state index contributed by atoms with van der Waals surface area (Å²) in [5.41, 5.74) is 1.25. The van der Waals surface area contributed by atoms with E-state index in [2.05, 4.69) is 30.7 Å². The third-order valence-corrected chi connectivity index (χ3v) is 3.61. The Morgan fingerprint density at radius 3 is 2.79 bits per heavy atom. The highest BCUT2D eigenvalue weighted by Crippen LogP contribution is 2.35. The second-order valence-corrected chi connectivity index (χ2v) is 5.33. The monoisotopic (exact) mass is 405 g/mol. The van der Waals surface area contributed by atoms with E-state index in [4.69, 9.17) is 32.3 Å². The molecule has 7 heteroatoms. The van der Waals surface area contributed by atoms with Crippen molar-refractivity contribution in [3.63, 3.8) is 0 Å². The molecule has 0 aliphatic carbocycles. The third-order valence-electron chi connectivity index (χ3n) is 3.61. The van der Waals surface area contributed by atoms with Crippen LogP contribution in [0.1, 0.15) is 22.0 Å². The smallest absolute Gasteiger partial charge is 0.163 e. The number of methoxy groups -OCH3 is 2. The van der Waals surface area contributed by atoms with Crippen molar-refractivity contribution in [2.75, 3.05) is 45.7 Å². The average molecular weight is 406 g/mol. The van der Waals surface area contributed by atoms with Gasteiger partial charge in [-0.2, -0.15) is 0 Å². The van der Waals surface area contributed by atoms with E-state index in [9.17, 15) is 0 Å². The molecule has 0 aliphatic heterocycles. The van der Waals surface area contributed by atoms with Crippen LogP contribution in [0, 0.1) is 12.3 Å². The molecule has 29 heavy (non-hydrogen) atoms. The van der Waals surface area contributed by atoms with Crippen molar-refractivity contribution < 1.29 is 35.4 Å². The molecule has 2 aromatic carbocycles. The van der Waals surface area contributed by atoms with Gasteiger partial charge in [0.25, 0.3) is 0 Å². The first-order valence-electron chi connectivity index (χ1n) is 14.0. The van der Waals surface area contributed by atoms with Crippen molar-refractivity contribution >= 4 is 22.4 Å². The average Bonchev–Trinajstić information content (AvgIpc) is 2.80. The maximum atomic E-state index is 8.10. The van der Waals surface area contributed by atoms with Crippen LogP contribution in [0.4, 0.5) is 11.5 Å². The van der Waals surface area contributed by atoms with E-state index in [0.29, 0.717) is 11.3 Å². The van der Waals surface area contributed by atoms with Crippen LogP contribution in [0.25, 0.3) is 10.9 Å². The SMILES string of the molecule is [2H]C([2H])([2H])OC([2H])([2H])COc1cc2ncnc(Nc3cccc(C#C)c3)c2cc1OC([2H])([2H])C([2H])([2H])OC([2H])([2H])[2H]. The molecule has 0 saturated heterocycles. The third kappa shape index (κ3) is 5.35. The minimum Gasteiger partial charge on any atom is -0.487 e. The Balaban J connectivity index is 2.09. The summed E-state index contributed by atoms with van der Waals surface area (Å²) >= 11 is 0. The zero-order valence-electron chi connectivity index (χ0n) is 26.9. The topological polar surface area (TPSA) is 74.7 Å². The molecule has 0 atom stereocenters. The number of rotatable bonds is 10. The van der Waals surface area contributed by atoms with Gasteiger partial charge in [-0.15, -0.1) is 6.42 Å². The first-order valence-corrected chi connectivity index (χ1v) is 8.05. The fourth-order valence-electron chi connectivity index (χ4n) is 2.41. The predicted octanol–water partition coefficient (Wildman–Crippen LogP) is 3.41. The van der Waals surface area contributed by atoms with Crippen molar-refractivity contribution in [2.24, 2.45) is 0 Å². The zero-order valence-corrected chi connectivity index (χ0v) is 14.9. The van der Waals surface area contributed by atoms with Gasteiger partial charge in [-0.25, -0.2) is 9.97 Å². The number of fused-ring (bicyclic) bond motifs is 1. The summed E-state index contributed by atoms with van der Waals surface area (Å²) in [7, 11) is -6.44. The summed E-state index contributed by atoms with van der Waals surface area (Å²) in [6.07, 6.45) is 6.63. The second-order valence-electron chi connectivity index (χ2n) is 5.33. The Kier molecular flexibility index (Phi) is 3.51. The van der Waals surface area contributed by atoms with Gasteiger partial charge in [-0.05, 0) is 24.3 Å². The molecule has 3 aromatic rings. The molecule has 150 valence electrons. The molecule has 0 amide bonds. The lowest BCUT2D eigenvalue weighted by atomic mass is 10.2. The fourth-order valence-corrected chi connectivity index (χ4v) is 2.41. The van der Waals surface area contributed by atoms with Gasteiger partial charge in [0.1, 0.15) is 25.3 Å². The minimum atomic E-state index is -3.52. The maximum Gasteiger partial charge on any atom is 0.163 e. The van der Waals surface area contributed by atoms with Crippen LogP contribution in [0.15, 0.2) is 42.7 Å². The van der Waals surface area contributed by atoms with Crippen LogP contribution in [-0.4, -0.2) is 50.3 Å². The van der Waals surface area contributed by atoms with Crippen LogP contribution >= 0.6 is 0 Å². The summed E-state index contributed by atoms with van der Waals surface area (Å²) in [5, 5.41) is 3.21. The molecule has 1 heterocycles. The molecule has 3 rings (SSSR count). The number of benzene rings is 2. The van der Waals surface area contributed by atoms with Gasteiger partial charge in [0.2, 0.25) is 0 Å². The fraction of sp³-hybridized carbons (Fsp3) is 0.273. The number of nitrogens with zero attached hydrogens (tertiary/aromatic N) is 2. The summed E-state index contributed by atoms with van der Waals surface area (Å²) in [6, 6.07) is 9.05. The van der Waals surface area contributed by atoms with Crippen molar-refractivity contribution in [1.82, 2.24) is 9.97 Å². The highest BCUT2D eigenvalue weighted by atomic mass is 16.5. The largest absolute Gasteiger partial charge is 0.487 e. The molecule has 0 unspecified atom stereocenters. The lowest BCUT2D eigenvalue weighted by molar-refractivity contribution is 0.132. The van der Waals surface area contributed by atoms with E-state index in [1.807, 2.05) is 0 Å². The summed E-state index contributed by atoms with van der Waals surface area (Å²) in [4.78, 5) is 8.28. The number of nitrogens with one attached hydrogen (secondary N) is 1. The van der Waals surface area contributed by atoms with E-state index >= 15 is 0 Å². The number of terminal acetylenes is 1. The first-order chi connectivity index (χ1) is 18.7. The minimum absolute atomic E-state index is 0.164. The molecule has 0 radical (unpaired) electrons. The zero-order chi connectivity index (χ0) is 30.9. The van der Waals surface area contributed by atoms with Gasteiger partial charge in [-0.3, -0.25) is 0 Å². The van der Waals surface area contributed by atoms with Crippen LogP contribution in [0.2, 0.25) is 0 Å². The summed E-state index contributed by atoms with van der Waals surface area (Å²) in [5.74, 6) is 1.69. The predicted molar refractivity (Wildman–Crippen MR) is 112 cm³/mol. The highest BCUT2D eigenvalue weighted by Gasteiger charge is 2.13. The van der Waals surface area contributed by atoms with Crippen molar-refractivity contribution in [3.8, 4) is 23.8 Å². The Morgan fingerprint density at radius 1 is 1.07 bits per heavy atom. The number of hydrogen-bond donors (Lipinski definition) is 1. The van der Waals surface area contributed by atoms with Crippen LogP contribution in [0.3, 0.4) is 0 Å². The lowest BCUT2D eigenvalue weighted by Crippen LogP contribution is -2.09. The van der Waals surface area contributed by atoms with Crippen molar-refractivity contribution in [2.45, 2.75) is 0 Å². The van der Waals surface area contributed by atoms with Gasteiger partial charge in [0, 0.05) is 36.8 Å². The van der Waals surface area contributed by atoms with E-state index in [0.717, 1.165) is 6.07 Å². The molecule has 0 fully saturated rings. The molecular weight excluding hydrogens is 370 g/mol. The molecule has 7 nitrogen and oxygen atoms in total. The number of anilines is 2. The highest BCUT2D eigenvalue weighted by molar-refractivity contribution is 5.93. The molecule has 0 aliphatic rings. The Hall–Kier alpha value is -3.34. The van der Waals surface area contributed by atoms with E-state index in [-0.39, 0.29) is 16.7 Å².